The largest absolute Gasteiger partial charge is 0.375 e. The van der Waals surface area contributed by atoms with Gasteiger partial charge in [0.15, 0.2) is 5.13 Å². The van der Waals surface area contributed by atoms with Gasteiger partial charge in [0, 0.05) is 24.5 Å². The van der Waals surface area contributed by atoms with Crippen molar-refractivity contribution in [2.45, 2.75) is 57.8 Å². The number of hydrogen-bond donors (Lipinski definition) is 1. The summed E-state index contributed by atoms with van der Waals surface area (Å²) in [4.78, 5) is 7.22. The number of ether oxygens (including phenoxy) is 1. The van der Waals surface area contributed by atoms with Crippen LogP contribution in [0.1, 0.15) is 38.8 Å². The van der Waals surface area contributed by atoms with Crippen LogP contribution in [0.4, 0.5) is 5.13 Å². The molecule has 1 saturated heterocycles. The fourth-order valence-corrected chi connectivity index (χ4v) is 3.37. The third-order valence-electron chi connectivity index (χ3n) is 3.87. The molecule has 1 aromatic heterocycles. The highest BCUT2D eigenvalue weighted by molar-refractivity contribution is 7.13. The first-order chi connectivity index (χ1) is 9.26. The number of hydrogen-bond acceptors (Lipinski definition) is 5. The van der Waals surface area contributed by atoms with Crippen LogP contribution in [-0.2, 0) is 11.3 Å². The second-order valence-corrected chi connectivity index (χ2v) is 6.47. The Bertz CT molecular complexity index is 419. The summed E-state index contributed by atoms with van der Waals surface area (Å²) in [6, 6.07) is 1.23. The van der Waals surface area contributed by atoms with Gasteiger partial charge in [-0.2, -0.15) is 0 Å². The van der Waals surface area contributed by atoms with E-state index in [4.69, 9.17) is 9.72 Å². The Morgan fingerprint density at radius 1 is 1.53 bits per heavy atom. The minimum absolute atomic E-state index is 0.305. The third kappa shape index (κ3) is 3.27. The maximum absolute atomic E-state index is 5.75. The van der Waals surface area contributed by atoms with Crippen LogP contribution in [0.2, 0.25) is 0 Å². The second kappa shape index (κ2) is 5.77. The summed E-state index contributed by atoms with van der Waals surface area (Å²) in [5, 5.41) is 6.88. The van der Waals surface area contributed by atoms with Crippen LogP contribution in [0.15, 0.2) is 5.38 Å². The van der Waals surface area contributed by atoms with Gasteiger partial charge in [-0.15, -0.1) is 11.3 Å². The van der Waals surface area contributed by atoms with E-state index in [9.17, 15) is 0 Å². The topological polar surface area (TPSA) is 37.4 Å². The lowest BCUT2D eigenvalue weighted by Crippen LogP contribution is -2.48. The van der Waals surface area contributed by atoms with Crippen molar-refractivity contribution in [1.82, 2.24) is 10.3 Å². The predicted molar refractivity (Wildman–Crippen MR) is 78.8 cm³/mol. The fourth-order valence-electron chi connectivity index (χ4n) is 2.46. The Balaban J connectivity index is 1.65. The molecular formula is C14H23N3OS. The highest BCUT2D eigenvalue weighted by Gasteiger charge is 2.27. The summed E-state index contributed by atoms with van der Waals surface area (Å²) in [6.07, 6.45) is 4.08. The number of morpholine rings is 1. The molecule has 2 unspecified atom stereocenters. The van der Waals surface area contributed by atoms with Crippen molar-refractivity contribution in [2.75, 3.05) is 18.1 Å². The lowest BCUT2D eigenvalue weighted by molar-refractivity contribution is 0.0299. The molecule has 3 rings (SSSR count). The normalized spacial score (nSPS) is 27.8. The molecule has 4 nitrogen and oxygen atoms in total. The molecule has 106 valence electrons. The first-order valence-corrected chi connectivity index (χ1v) is 8.20. The van der Waals surface area contributed by atoms with Crippen LogP contribution in [0, 0.1) is 0 Å². The smallest absolute Gasteiger partial charge is 0.185 e. The van der Waals surface area contributed by atoms with Crippen molar-refractivity contribution in [3.8, 4) is 0 Å². The maximum atomic E-state index is 5.75. The first kappa shape index (κ1) is 13.3. The Kier molecular flexibility index (Phi) is 4.05. The molecular weight excluding hydrogens is 258 g/mol. The molecule has 0 aromatic carbocycles. The molecule has 1 saturated carbocycles. The van der Waals surface area contributed by atoms with Crippen LogP contribution in [0.5, 0.6) is 0 Å². The lowest BCUT2D eigenvalue weighted by Gasteiger charge is -2.38. The van der Waals surface area contributed by atoms with E-state index in [2.05, 4.69) is 29.4 Å². The van der Waals surface area contributed by atoms with Crippen LogP contribution in [0.3, 0.4) is 0 Å². The van der Waals surface area contributed by atoms with E-state index in [1.165, 1.54) is 18.5 Å². The third-order valence-corrected chi connectivity index (χ3v) is 4.80. The van der Waals surface area contributed by atoms with Gasteiger partial charge in [-0.1, -0.05) is 6.92 Å². The SMILES string of the molecule is CCC1COC(C)CN1c1nc(CNC2CC2)cs1. The van der Waals surface area contributed by atoms with Crippen molar-refractivity contribution in [3.05, 3.63) is 11.1 Å². The van der Waals surface area contributed by atoms with E-state index in [1.54, 1.807) is 11.3 Å². The highest BCUT2D eigenvalue weighted by Crippen LogP contribution is 2.27. The maximum Gasteiger partial charge on any atom is 0.185 e. The zero-order chi connectivity index (χ0) is 13.2. The predicted octanol–water partition coefficient (Wildman–Crippen LogP) is 2.40. The summed E-state index contributed by atoms with van der Waals surface area (Å²) in [6.45, 7) is 7.06. The summed E-state index contributed by atoms with van der Waals surface area (Å²) < 4.78 is 5.75. The average molecular weight is 281 g/mol. The van der Waals surface area contributed by atoms with Crippen molar-refractivity contribution < 1.29 is 4.74 Å². The summed E-state index contributed by atoms with van der Waals surface area (Å²) >= 11 is 1.77. The minimum Gasteiger partial charge on any atom is -0.375 e. The summed E-state index contributed by atoms with van der Waals surface area (Å²) in [7, 11) is 0. The van der Waals surface area contributed by atoms with Gasteiger partial charge in [0.2, 0.25) is 0 Å². The number of nitrogens with one attached hydrogen (secondary N) is 1. The van der Waals surface area contributed by atoms with Crippen molar-refractivity contribution in [1.29, 1.82) is 0 Å². The van der Waals surface area contributed by atoms with Gasteiger partial charge in [0.25, 0.3) is 0 Å². The fraction of sp³-hybridized carbons (Fsp3) is 0.786. The van der Waals surface area contributed by atoms with Gasteiger partial charge in [0.1, 0.15) is 0 Å². The van der Waals surface area contributed by atoms with E-state index in [0.717, 1.165) is 37.3 Å². The zero-order valence-electron chi connectivity index (χ0n) is 11.8. The minimum atomic E-state index is 0.305. The van der Waals surface area contributed by atoms with Gasteiger partial charge >= 0.3 is 0 Å². The first-order valence-electron chi connectivity index (χ1n) is 7.32. The van der Waals surface area contributed by atoms with Crippen molar-refractivity contribution in [3.63, 3.8) is 0 Å². The number of aromatic nitrogens is 1. The van der Waals surface area contributed by atoms with E-state index in [-0.39, 0.29) is 0 Å². The number of thiazole rings is 1. The quantitative estimate of drug-likeness (QED) is 0.899. The van der Waals surface area contributed by atoms with E-state index < -0.39 is 0 Å². The van der Waals surface area contributed by atoms with Crippen molar-refractivity contribution in [2.24, 2.45) is 0 Å². The molecule has 19 heavy (non-hydrogen) atoms. The molecule has 1 aromatic rings. The highest BCUT2D eigenvalue weighted by atomic mass is 32.1. The molecule has 0 radical (unpaired) electrons. The molecule has 0 bridgehead atoms. The Morgan fingerprint density at radius 2 is 2.37 bits per heavy atom. The molecule has 2 aliphatic rings. The standard InChI is InChI=1S/C14H23N3OS/c1-3-13-8-18-10(2)7-17(13)14-16-12(9-19-14)6-15-11-4-5-11/h9-11,13,15H,3-8H2,1-2H3. The van der Waals surface area contributed by atoms with Crippen LogP contribution in [0.25, 0.3) is 0 Å². The number of anilines is 1. The molecule has 2 heterocycles. The van der Waals surface area contributed by atoms with Crippen LogP contribution >= 0.6 is 11.3 Å². The average Bonchev–Trinajstić information content (AvgIpc) is 3.13. The Morgan fingerprint density at radius 3 is 3.11 bits per heavy atom. The second-order valence-electron chi connectivity index (χ2n) is 5.63. The molecule has 0 amide bonds. The molecule has 5 heteroatoms. The molecule has 2 fully saturated rings. The molecule has 2 atom stereocenters. The molecule has 1 aliphatic heterocycles. The number of rotatable bonds is 5. The summed E-state index contributed by atoms with van der Waals surface area (Å²) in [5.41, 5.74) is 1.18. The monoisotopic (exact) mass is 281 g/mol. The molecule has 1 N–H and O–H groups in total. The van der Waals surface area contributed by atoms with E-state index in [1.807, 2.05) is 0 Å². The van der Waals surface area contributed by atoms with E-state index >= 15 is 0 Å². The van der Waals surface area contributed by atoms with Gasteiger partial charge in [0.05, 0.1) is 24.4 Å². The zero-order valence-corrected chi connectivity index (χ0v) is 12.6. The lowest BCUT2D eigenvalue weighted by atomic mass is 10.1. The van der Waals surface area contributed by atoms with Gasteiger partial charge in [-0.3, -0.25) is 0 Å². The van der Waals surface area contributed by atoms with Crippen LogP contribution < -0.4 is 10.2 Å². The van der Waals surface area contributed by atoms with Crippen LogP contribution in [-0.4, -0.2) is 36.3 Å². The van der Waals surface area contributed by atoms with Gasteiger partial charge in [-0.25, -0.2) is 4.98 Å². The van der Waals surface area contributed by atoms with Gasteiger partial charge < -0.3 is 15.0 Å². The number of nitrogens with zero attached hydrogens (tertiary/aromatic N) is 2. The summed E-state index contributed by atoms with van der Waals surface area (Å²) in [5.74, 6) is 0. The van der Waals surface area contributed by atoms with Gasteiger partial charge in [-0.05, 0) is 26.2 Å². The van der Waals surface area contributed by atoms with Crippen molar-refractivity contribution >= 4 is 16.5 Å². The molecule has 1 aliphatic carbocycles. The Labute approximate surface area is 119 Å². The molecule has 0 spiro atoms. The van der Waals surface area contributed by atoms with E-state index in [0.29, 0.717) is 12.1 Å². The Hall–Kier alpha value is -0.650.